The van der Waals surface area contributed by atoms with E-state index in [1.54, 1.807) is 23.2 Å². The number of carbonyl (C=O) groups excluding carboxylic acids is 1. The average Bonchev–Trinajstić information content (AvgIpc) is 3.83. The van der Waals surface area contributed by atoms with Crippen molar-refractivity contribution < 1.29 is 4.79 Å². The molecule has 260 valence electrons. The largest absolute Gasteiger partial charge is 0.294 e. The zero-order valence-electron chi connectivity index (χ0n) is 30.8. The molecule has 0 N–H and O–H groups in total. The third kappa shape index (κ3) is 7.59. The molecule has 6 rings (SSSR count). The number of carbonyl (C=O) groups is 1. The van der Waals surface area contributed by atoms with Gasteiger partial charge in [0.15, 0.2) is 5.78 Å². The molecule has 0 spiro atoms. The van der Waals surface area contributed by atoms with Crippen LogP contribution in [0, 0.1) is 11.3 Å². The van der Waals surface area contributed by atoms with Crippen LogP contribution in [0.5, 0.6) is 0 Å². The summed E-state index contributed by atoms with van der Waals surface area (Å²) in [4.78, 5) is 21.2. The SMILES string of the molecule is CCCCCCc1cc(C(C)(C)C)sc1-c1cc2c(s1)c1c(c3sc(C(C)=O)cc32)CC(C2SC(C(C)(C)C)=CC2CCCCCC)S1. The van der Waals surface area contributed by atoms with E-state index in [4.69, 9.17) is 0 Å². The number of Topliss-reactive ketones (excluding diaryl/α,β-unsaturated/α-hetero) is 1. The summed E-state index contributed by atoms with van der Waals surface area (Å²) in [6.45, 7) is 20.6. The number of allylic oxidation sites excluding steroid dienone is 2. The number of unbranched alkanes of at least 4 members (excludes halogenated alkanes) is 6. The third-order valence-electron chi connectivity index (χ3n) is 10.1. The second kappa shape index (κ2) is 14.9. The Balaban J connectivity index is 1.41. The van der Waals surface area contributed by atoms with Crippen LogP contribution >= 0.6 is 57.5 Å². The fourth-order valence-corrected chi connectivity index (χ4v) is 14.6. The van der Waals surface area contributed by atoms with Crippen LogP contribution in [0.15, 0.2) is 34.1 Å². The zero-order chi connectivity index (χ0) is 34.4. The number of ketones is 1. The summed E-state index contributed by atoms with van der Waals surface area (Å²) in [6, 6.07) is 7.25. The molecule has 0 saturated heterocycles. The van der Waals surface area contributed by atoms with E-state index in [2.05, 4.69) is 103 Å². The summed E-state index contributed by atoms with van der Waals surface area (Å²) < 4.78 is 2.83. The maximum atomic E-state index is 12.8. The Hall–Kier alpha value is -1.05. The van der Waals surface area contributed by atoms with Crippen LogP contribution in [0.25, 0.3) is 29.9 Å². The molecule has 3 atom stereocenters. The van der Waals surface area contributed by atoms with Crippen LogP contribution in [0.3, 0.4) is 0 Å². The molecule has 6 heteroatoms. The van der Waals surface area contributed by atoms with Crippen molar-refractivity contribution >= 4 is 83.5 Å². The Morgan fingerprint density at radius 1 is 0.792 bits per heavy atom. The van der Waals surface area contributed by atoms with E-state index in [0.717, 1.165) is 17.7 Å². The van der Waals surface area contributed by atoms with Gasteiger partial charge >= 0.3 is 0 Å². The molecule has 0 bridgehead atoms. The molecule has 3 unspecified atom stereocenters. The molecule has 0 radical (unpaired) electrons. The second-order valence-electron chi connectivity index (χ2n) is 16.3. The van der Waals surface area contributed by atoms with Crippen molar-refractivity contribution in [3.8, 4) is 9.75 Å². The van der Waals surface area contributed by atoms with Crippen molar-refractivity contribution in [2.75, 3.05) is 0 Å². The van der Waals surface area contributed by atoms with E-state index in [1.807, 2.05) is 22.7 Å². The molecule has 3 aromatic heterocycles. The van der Waals surface area contributed by atoms with Crippen molar-refractivity contribution in [2.45, 2.75) is 154 Å². The Morgan fingerprint density at radius 3 is 2.17 bits per heavy atom. The fraction of sp³-hybridized carbons (Fsp3) is 0.595. The normalized spacial score (nSPS) is 19.9. The summed E-state index contributed by atoms with van der Waals surface area (Å²) >= 11 is 10.2. The average molecular weight is 737 g/mol. The van der Waals surface area contributed by atoms with Gasteiger partial charge in [-0.05, 0) is 83.6 Å². The number of thioether (sulfide) groups is 2. The van der Waals surface area contributed by atoms with Crippen LogP contribution in [0.2, 0.25) is 0 Å². The van der Waals surface area contributed by atoms with Crippen molar-refractivity contribution in [2.24, 2.45) is 11.3 Å². The van der Waals surface area contributed by atoms with E-state index in [0.29, 0.717) is 16.4 Å². The van der Waals surface area contributed by atoms with Crippen molar-refractivity contribution in [3.63, 3.8) is 0 Å². The molecule has 1 nitrogen and oxygen atoms in total. The maximum Gasteiger partial charge on any atom is 0.169 e. The minimum absolute atomic E-state index is 0.144. The molecular weight excluding hydrogens is 681 g/mol. The smallest absolute Gasteiger partial charge is 0.169 e. The monoisotopic (exact) mass is 736 g/mol. The van der Waals surface area contributed by atoms with Gasteiger partial charge in [0, 0.05) is 50.2 Å². The minimum atomic E-state index is 0.144. The summed E-state index contributed by atoms with van der Waals surface area (Å²) in [7, 11) is 0. The lowest BCUT2D eigenvalue weighted by Crippen LogP contribution is -2.25. The number of thiophene rings is 3. The third-order valence-corrected chi connectivity index (χ3v) is 18.1. The van der Waals surface area contributed by atoms with E-state index < -0.39 is 0 Å². The Kier molecular flexibility index (Phi) is 11.4. The van der Waals surface area contributed by atoms with Gasteiger partial charge in [-0.1, -0.05) is 106 Å². The first-order chi connectivity index (χ1) is 22.8. The van der Waals surface area contributed by atoms with Crippen LogP contribution in [-0.2, 0) is 18.3 Å². The maximum absolute atomic E-state index is 12.8. The van der Waals surface area contributed by atoms with Gasteiger partial charge in [-0.15, -0.1) is 57.5 Å². The van der Waals surface area contributed by atoms with Gasteiger partial charge in [0.1, 0.15) is 0 Å². The lowest BCUT2D eigenvalue weighted by molar-refractivity contribution is 0.102. The fourth-order valence-electron chi connectivity index (χ4n) is 7.32. The molecule has 0 saturated carbocycles. The highest BCUT2D eigenvalue weighted by molar-refractivity contribution is 8.06. The lowest BCUT2D eigenvalue weighted by atomic mass is 9.89. The van der Waals surface area contributed by atoms with E-state index >= 15 is 0 Å². The highest BCUT2D eigenvalue weighted by Crippen LogP contribution is 2.58. The number of benzene rings is 1. The molecule has 0 amide bonds. The van der Waals surface area contributed by atoms with Gasteiger partial charge in [-0.25, -0.2) is 0 Å². The second-order valence-corrected chi connectivity index (χ2v) is 22.0. The van der Waals surface area contributed by atoms with Gasteiger partial charge in [0.2, 0.25) is 0 Å². The number of hydrogen-bond donors (Lipinski definition) is 0. The number of fused-ring (bicyclic) bond motifs is 6. The molecule has 4 aromatic rings. The predicted octanol–water partition coefficient (Wildman–Crippen LogP) is 15.1. The van der Waals surface area contributed by atoms with Gasteiger partial charge < -0.3 is 0 Å². The molecule has 2 aliphatic rings. The highest BCUT2D eigenvalue weighted by Gasteiger charge is 2.42. The Morgan fingerprint density at radius 2 is 1.50 bits per heavy atom. The first-order valence-corrected chi connectivity index (χ1v) is 22.7. The summed E-state index contributed by atoms with van der Waals surface area (Å²) in [5, 5.41) is 3.84. The molecule has 5 heterocycles. The highest BCUT2D eigenvalue weighted by atomic mass is 32.2. The number of hydrogen-bond acceptors (Lipinski definition) is 6. The van der Waals surface area contributed by atoms with Gasteiger partial charge in [-0.3, -0.25) is 4.79 Å². The predicted molar refractivity (Wildman–Crippen MR) is 222 cm³/mol. The first-order valence-electron chi connectivity index (χ1n) is 18.5. The molecule has 1 aromatic carbocycles. The Bertz CT molecular complexity index is 1800. The van der Waals surface area contributed by atoms with E-state index in [9.17, 15) is 4.79 Å². The molecule has 0 aliphatic carbocycles. The molecule has 48 heavy (non-hydrogen) atoms. The first kappa shape index (κ1) is 36.7. The van der Waals surface area contributed by atoms with Gasteiger partial charge in [0.05, 0.1) is 4.88 Å². The molecule has 2 aliphatic heterocycles. The van der Waals surface area contributed by atoms with Crippen LogP contribution in [0.1, 0.15) is 146 Å². The van der Waals surface area contributed by atoms with Crippen molar-refractivity contribution in [1.29, 1.82) is 0 Å². The summed E-state index contributed by atoms with van der Waals surface area (Å²) in [6.07, 6.45) is 16.7. The zero-order valence-corrected chi connectivity index (χ0v) is 34.9. The van der Waals surface area contributed by atoms with Gasteiger partial charge in [0.25, 0.3) is 0 Å². The van der Waals surface area contributed by atoms with E-state index in [1.165, 1.54) is 109 Å². The van der Waals surface area contributed by atoms with Crippen LogP contribution in [-0.4, -0.2) is 16.3 Å². The minimum Gasteiger partial charge on any atom is -0.294 e. The number of rotatable bonds is 13. The van der Waals surface area contributed by atoms with Gasteiger partial charge in [-0.2, -0.15) is 0 Å². The number of aryl methyl sites for hydroxylation is 1. The topological polar surface area (TPSA) is 17.1 Å². The standard InChI is InChI=1S/C42H56OS5/c1-10-12-14-16-18-26-20-34(41(4,5)6)47-36(26)32-23-29-28-22-31(25(3)43)44-38(28)30-24-33(46-40(30)39(29)45-32)37-27(19-17-15-13-11-2)21-35(48-37)42(7,8)9/h20-23,27,33,37H,10-19,24H2,1-9H3. The lowest BCUT2D eigenvalue weighted by Gasteiger charge is -2.26. The van der Waals surface area contributed by atoms with Crippen LogP contribution < -0.4 is 0 Å². The quantitative estimate of drug-likeness (QED) is 0.100. The summed E-state index contributed by atoms with van der Waals surface area (Å²) in [5.41, 5.74) is 3.40. The molecule has 0 fully saturated rings. The van der Waals surface area contributed by atoms with Crippen molar-refractivity contribution in [1.82, 2.24) is 0 Å². The molecular formula is C42H56OS5. The Labute approximate surface area is 311 Å². The van der Waals surface area contributed by atoms with E-state index in [-0.39, 0.29) is 16.6 Å². The van der Waals surface area contributed by atoms with Crippen molar-refractivity contribution in [3.05, 3.63) is 50.1 Å². The summed E-state index contributed by atoms with van der Waals surface area (Å²) in [5.74, 6) is 0.835. The van der Waals surface area contributed by atoms with Crippen LogP contribution in [0.4, 0.5) is 0 Å².